The van der Waals surface area contributed by atoms with Gasteiger partial charge in [0.05, 0.1) is 5.56 Å². The monoisotopic (exact) mass is 297 g/mol. The van der Waals surface area contributed by atoms with Crippen LogP contribution in [0, 0.1) is 11.7 Å². The van der Waals surface area contributed by atoms with Gasteiger partial charge in [0.25, 0.3) is 0 Å². The number of benzene rings is 1. The van der Waals surface area contributed by atoms with E-state index in [4.69, 9.17) is 5.73 Å². The highest BCUT2D eigenvalue weighted by atomic mass is 35.5. The first kappa shape index (κ1) is 16.2. The Balaban J connectivity index is 0.00000180. The predicted octanol–water partition coefficient (Wildman–Crippen LogP) is 4.46. The van der Waals surface area contributed by atoms with Gasteiger partial charge in [0.1, 0.15) is 5.82 Å². The smallest absolute Gasteiger partial charge is 0.324 e. The number of halogens is 5. The summed E-state index contributed by atoms with van der Waals surface area (Å²) in [5, 5.41) is 0. The standard InChI is InChI=1S/C13H15F4N.ClH/c14-11-6-5-9(13(15,16)17)7-10(11)12(18)8-3-1-2-4-8;/h5-8,12H,1-4,18H2;1H/t12-;/m0./s1. The van der Waals surface area contributed by atoms with E-state index in [1.54, 1.807) is 0 Å². The van der Waals surface area contributed by atoms with Gasteiger partial charge in [0.15, 0.2) is 0 Å². The van der Waals surface area contributed by atoms with Gasteiger partial charge < -0.3 is 5.73 Å². The van der Waals surface area contributed by atoms with Gasteiger partial charge in [0.2, 0.25) is 0 Å². The number of nitrogens with two attached hydrogens (primary N) is 1. The highest BCUT2D eigenvalue weighted by molar-refractivity contribution is 5.85. The number of rotatable bonds is 2. The Hall–Kier alpha value is -0.810. The molecule has 0 bridgehead atoms. The first-order chi connectivity index (χ1) is 8.39. The van der Waals surface area contributed by atoms with Crippen molar-refractivity contribution in [2.75, 3.05) is 0 Å². The molecule has 0 heterocycles. The Labute approximate surface area is 115 Å². The SMILES string of the molecule is Cl.N[C@H](c1cc(C(F)(F)F)ccc1F)C1CCCC1. The van der Waals surface area contributed by atoms with Crippen LogP contribution in [0.5, 0.6) is 0 Å². The van der Waals surface area contributed by atoms with Gasteiger partial charge in [-0.2, -0.15) is 13.2 Å². The summed E-state index contributed by atoms with van der Waals surface area (Å²) in [6.45, 7) is 0. The zero-order valence-electron chi connectivity index (χ0n) is 10.2. The van der Waals surface area contributed by atoms with E-state index in [0.29, 0.717) is 0 Å². The van der Waals surface area contributed by atoms with Crippen LogP contribution in [0.15, 0.2) is 18.2 Å². The third kappa shape index (κ3) is 3.60. The molecular formula is C13H16ClF4N. The van der Waals surface area contributed by atoms with Gasteiger partial charge in [-0.3, -0.25) is 0 Å². The van der Waals surface area contributed by atoms with E-state index in [1.807, 2.05) is 0 Å². The van der Waals surface area contributed by atoms with Crippen LogP contribution >= 0.6 is 12.4 Å². The number of hydrogen-bond donors (Lipinski definition) is 1. The lowest BCUT2D eigenvalue weighted by molar-refractivity contribution is -0.137. The van der Waals surface area contributed by atoms with Crippen LogP contribution in [0.3, 0.4) is 0 Å². The molecular weight excluding hydrogens is 282 g/mol. The van der Waals surface area contributed by atoms with Crippen molar-refractivity contribution in [2.45, 2.75) is 37.9 Å². The molecule has 0 radical (unpaired) electrons. The Morgan fingerprint density at radius 2 is 1.74 bits per heavy atom. The molecule has 1 aromatic rings. The summed E-state index contributed by atoms with van der Waals surface area (Å²) < 4.78 is 51.3. The summed E-state index contributed by atoms with van der Waals surface area (Å²) in [6.07, 6.45) is -0.719. The summed E-state index contributed by atoms with van der Waals surface area (Å²) >= 11 is 0. The summed E-state index contributed by atoms with van der Waals surface area (Å²) in [5.41, 5.74) is 5.05. The fraction of sp³-hybridized carbons (Fsp3) is 0.538. The minimum absolute atomic E-state index is 0. The van der Waals surface area contributed by atoms with E-state index in [2.05, 4.69) is 0 Å². The highest BCUT2D eigenvalue weighted by Gasteiger charge is 2.33. The maximum atomic E-state index is 13.6. The molecule has 0 unspecified atom stereocenters. The fourth-order valence-corrected chi connectivity index (χ4v) is 2.55. The second-order valence-electron chi connectivity index (χ2n) is 4.80. The van der Waals surface area contributed by atoms with Crippen molar-refractivity contribution in [2.24, 2.45) is 11.7 Å². The van der Waals surface area contributed by atoms with Crippen LogP contribution in [-0.2, 0) is 6.18 Å². The van der Waals surface area contributed by atoms with E-state index in [-0.39, 0.29) is 23.9 Å². The molecule has 19 heavy (non-hydrogen) atoms. The fourth-order valence-electron chi connectivity index (χ4n) is 2.55. The minimum Gasteiger partial charge on any atom is -0.324 e. The first-order valence-corrected chi connectivity index (χ1v) is 6.02. The lowest BCUT2D eigenvalue weighted by Crippen LogP contribution is -2.21. The molecule has 0 spiro atoms. The average Bonchev–Trinajstić information content (AvgIpc) is 2.80. The molecule has 0 aliphatic heterocycles. The van der Waals surface area contributed by atoms with Gasteiger partial charge in [-0.15, -0.1) is 12.4 Å². The molecule has 1 aromatic carbocycles. The Bertz CT molecular complexity index is 427. The molecule has 0 aromatic heterocycles. The van der Waals surface area contributed by atoms with Crippen LogP contribution in [0.2, 0.25) is 0 Å². The molecule has 0 saturated heterocycles. The normalized spacial score (nSPS) is 18.2. The van der Waals surface area contributed by atoms with E-state index in [1.165, 1.54) is 0 Å². The lowest BCUT2D eigenvalue weighted by Gasteiger charge is -2.21. The van der Waals surface area contributed by atoms with E-state index in [9.17, 15) is 17.6 Å². The molecule has 2 N–H and O–H groups in total. The zero-order chi connectivity index (χ0) is 13.3. The molecule has 2 rings (SSSR count). The third-order valence-corrected chi connectivity index (χ3v) is 3.59. The Morgan fingerprint density at radius 3 is 2.26 bits per heavy atom. The highest BCUT2D eigenvalue weighted by Crippen LogP contribution is 2.37. The Morgan fingerprint density at radius 1 is 1.16 bits per heavy atom. The summed E-state index contributed by atoms with van der Waals surface area (Å²) in [4.78, 5) is 0. The molecule has 1 aliphatic carbocycles. The van der Waals surface area contributed by atoms with Crippen LogP contribution in [0.25, 0.3) is 0 Å². The van der Waals surface area contributed by atoms with Crippen molar-refractivity contribution >= 4 is 12.4 Å². The molecule has 1 saturated carbocycles. The quantitative estimate of drug-likeness (QED) is 0.802. The molecule has 1 atom stereocenters. The number of hydrogen-bond acceptors (Lipinski definition) is 1. The third-order valence-electron chi connectivity index (χ3n) is 3.59. The van der Waals surface area contributed by atoms with Gasteiger partial charge in [0, 0.05) is 11.6 Å². The lowest BCUT2D eigenvalue weighted by atomic mass is 9.91. The van der Waals surface area contributed by atoms with Gasteiger partial charge in [-0.05, 0) is 37.0 Å². The van der Waals surface area contributed by atoms with E-state index >= 15 is 0 Å². The predicted molar refractivity (Wildman–Crippen MR) is 67.5 cm³/mol. The second kappa shape index (κ2) is 6.09. The summed E-state index contributed by atoms with van der Waals surface area (Å²) in [7, 11) is 0. The number of alkyl halides is 3. The second-order valence-corrected chi connectivity index (χ2v) is 4.80. The molecule has 0 amide bonds. The maximum absolute atomic E-state index is 13.6. The van der Waals surface area contributed by atoms with Crippen molar-refractivity contribution in [1.82, 2.24) is 0 Å². The topological polar surface area (TPSA) is 26.0 Å². The summed E-state index contributed by atoms with van der Waals surface area (Å²) in [6, 6.07) is 1.81. The van der Waals surface area contributed by atoms with Gasteiger partial charge >= 0.3 is 6.18 Å². The van der Waals surface area contributed by atoms with Gasteiger partial charge in [-0.1, -0.05) is 12.8 Å². The van der Waals surface area contributed by atoms with Crippen molar-refractivity contribution in [3.05, 3.63) is 35.1 Å². The molecule has 1 fully saturated rings. The van der Waals surface area contributed by atoms with E-state index in [0.717, 1.165) is 43.9 Å². The molecule has 6 heteroatoms. The molecule has 108 valence electrons. The van der Waals surface area contributed by atoms with Crippen molar-refractivity contribution < 1.29 is 17.6 Å². The van der Waals surface area contributed by atoms with Crippen molar-refractivity contribution in [1.29, 1.82) is 0 Å². The Kier molecular flexibility index (Phi) is 5.21. The van der Waals surface area contributed by atoms with Crippen LogP contribution in [-0.4, -0.2) is 0 Å². The first-order valence-electron chi connectivity index (χ1n) is 6.02. The zero-order valence-corrected chi connectivity index (χ0v) is 11.0. The summed E-state index contributed by atoms with van der Waals surface area (Å²) in [5.74, 6) is -0.564. The van der Waals surface area contributed by atoms with Crippen LogP contribution < -0.4 is 5.73 Å². The van der Waals surface area contributed by atoms with Crippen LogP contribution in [0.1, 0.15) is 42.9 Å². The maximum Gasteiger partial charge on any atom is 0.416 e. The van der Waals surface area contributed by atoms with Gasteiger partial charge in [-0.25, -0.2) is 4.39 Å². The van der Waals surface area contributed by atoms with E-state index < -0.39 is 23.6 Å². The van der Waals surface area contributed by atoms with Crippen molar-refractivity contribution in [3.8, 4) is 0 Å². The average molecular weight is 298 g/mol. The van der Waals surface area contributed by atoms with Crippen LogP contribution in [0.4, 0.5) is 17.6 Å². The molecule has 1 aliphatic rings. The largest absolute Gasteiger partial charge is 0.416 e. The molecule has 1 nitrogen and oxygen atoms in total. The van der Waals surface area contributed by atoms with Crippen molar-refractivity contribution in [3.63, 3.8) is 0 Å². The minimum atomic E-state index is -4.46.